The van der Waals surface area contributed by atoms with Gasteiger partial charge in [0.2, 0.25) is 0 Å². The molecule has 0 aromatic carbocycles. The molecule has 0 bridgehead atoms. The first-order valence-corrected chi connectivity index (χ1v) is 7.65. The normalized spacial score (nSPS) is 17.4. The molecule has 0 radical (unpaired) electrons. The summed E-state index contributed by atoms with van der Waals surface area (Å²) in [6.45, 7) is 4.15. The number of likely N-dealkylation sites (tertiary alicyclic amines) is 1. The summed E-state index contributed by atoms with van der Waals surface area (Å²) in [7, 11) is 2.20. The molecule has 4 heteroatoms. The molecule has 1 fully saturated rings. The summed E-state index contributed by atoms with van der Waals surface area (Å²) in [6.07, 6.45) is 7.99. The Labute approximate surface area is 126 Å². The molecule has 2 aromatic heterocycles. The smallest absolute Gasteiger partial charge is 0.117 e. The summed E-state index contributed by atoms with van der Waals surface area (Å²) in [6, 6.07) is 8.80. The van der Waals surface area contributed by atoms with Gasteiger partial charge in [0.1, 0.15) is 5.76 Å². The lowest BCUT2D eigenvalue weighted by molar-refractivity contribution is 0.101. The molecule has 3 rings (SSSR count). The maximum Gasteiger partial charge on any atom is 0.117 e. The minimum absolute atomic E-state index is 0.617. The van der Waals surface area contributed by atoms with Crippen LogP contribution in [0.2, 0.25) is 0 Å². The van der Waals surface area contributed by atoms with Crippen LogP contribution in [0.5, 0.6) is 0 Å². The molecule has 0 unspecified atom stereocenters. The van der Waals surface area contributed by atoms with Gasteiger partial charge in [-0.05, 0) is 56.7 Å². The van der Waals surface area contributed by atoms with Crippen LogP contribution in [0.1, 0.15) is 24.2 Å². The van der Waals surface area contributed by atoms with E-state index in [0.717, 1.165) is 18.8 Å². The second-order valence-corrected chi connectivity index (χ2v) is 5.88. The third-order valence-corrected chi connectivity index (χ3v) is 4.25. The maximum absolute atomic E-state index is 5.55. The predicted octanol–water partition coefficient (Wildman–Crippen LogP) is 2.77. The van der Waals surface area contributed by atoms with Crippen molar-refractivity contribution in [2.45, 2.75) is 32.0 Å². The van der Waals surface area contributed by atoms with Gasteiger partial charge >= 0.3 is 0 Å². The van der Waals surface area contributed by atoms with E-state index in [1.807, 2.05) is 24.5 Å². The fourth-order valence-corrected chi connectivity index (χ4v) is 3.00. The Bertz CT molecular complexity index is 518. The quantitative estimate of drug-likeness (QED) is 0.845. The Morgan fingerprint density at radius 2 is 2.10 bits per heavy atom. The van der Waals surface area contributed by atoms with Crippen molar-refractivity contribution in [2.24, 2.45) is 0 Å². The Balaban J connectivity index is 1.71. The van der Waals surface area contributed by atoms with Crippen LogP contribution < -0.4 is 0 Å². The van der Waals surface area contributed by atoms with Crippen LogP contribution in [0, 0.1) is 0 Å². The van der Waals surface area contributed by atoms with Gasteiger partial charge in [0.25, 0.3) is 0 Å². The summed E-state index contributed by atoms with van der Waals surface area (Å²) in [5.74, 6) is 1.04. The zero-order chi connectivity index (χ0) is 14.5. The SMILES string of the molecule is CN1CCC(N(Cc2cccnc2)Cc2ccco2)CC1. The average Bonchev–Trinajstić information content (AvgIpc) is 3.01. The first-order valence-electron chi connectivity index (χ1n) is 7.65. The molecule has 21 heavy (non-hydrogen) atoms. The van der Waals surface area contributed by atoms with Gasteiger partial charge in [-0.2, -0.15) is 0 Å². The predicted molar refractivity (Wildman–Crippen MR) is 82.7 cm³/mol. The number of pyridine rings is 1. The fourth-order valence-electron chi connectivity index (χ4n) is 3.00. The first-order chi connectivity index (χ1) is 10.3. The van der Waals surface area contributed by atoms with E-state index in [1.54, 1.807) is 6.26 Å². The Hall–Kier alpha value is -1.65. The van der Waals surface area contributed by atoms with Crippen molar-refractivity contribution in [3.63, 3.8) is 0 Å². The van der Waals surface area contributed by atoms with Crippen molar-refractivity contribution in [3.8, 4) is 0 Å². The lowest BCUT2D eigenvalue weighted by atomic mass is 10.0. The Morgan fingerprint density at radius 1 is 1.24 bits per heavy atom. The molecule has 1 saturated heterocycles. The zero-order valence-corrected chi connectivity index (χ0v) is 12.6. The topological polar surface area (TPSA) is 32.5 Å². The summed E-state index contributed by atoms with van der Waals surface area (Å²) in [5, 5.41) is 0. The molecule has 4 nitrogen and oxygen atoms in total. The van der Waals surface area contributed by atoms with E-state index in [2.05, 4.69) is 34.0 Å². The van der Waals surface area contributed by atoms with Crippen molar-refractivity contribution in [2.75, 3.05) is 20.1 Å². The molecule has 0 N–H and O–H groups in total. The van der Waals surface area contributed by atoms with Crippen molar-refractivity contribution in [1.82, 2.24) is 14.8 Å². The maximum atomic E-state index is 5.55. The van der Waals surface area contributed by atoms with E-state index >= 15 is 0 Å². The third kappa shape index (κ3) is 3.93. The van der Waals surface area contributed by atoms with Gasteiger partial charge in [0.15, 0.2) is 0 Å². The molecule has 0 saturated carbocycles. The van der Waals surface area contributed by atoms with Crippen LogP contribution in [-0.2, 0) is 13.1 Å². The minimum atomic E-state index is 0.617. The largest absolute Gasteiger partial charge is 0.468 e. The minimum Gasteiger partial charge on any atom is -0.468 e. The number of aromatic nitrogens is 1. The summed E-state index contributed by atoms with van der Waals surface area (Å²) in [5.41, 5.74) is 1.27. The third-order valence-electron chi connectivity index (χ3n) is 4.25. The van der Waals surface area contributed by atoms with E-state index in [-0.39, 0.29) is 0 Å². The molecule has 0 spiro atoms. The van der Waals surface area contributed by atoms with E-state index in [0.29, 0.717) is 6.04 Å². The van der Waals surface area contributed by atoms with E-state index < -0.39 is 0 Å². The van der Waals surface area contributed by atoms with Crippen molar-refractivity contribution < 1.29 is 4.42 Å². The second kappa shape index (κ2) is 6.87. The van der Waals surface area contributed by atoms with Gasteiger partial charge in [-0.1, -0.05) is 6.07 Å². The highest BCUT2D eigenvalue weighted by Crippen LogP contribution is 2.20. The van der Waals surface area contributed by atoms with Crippen LogP contribution in [0.25, 0.3) is 0 Å². The lowest BCUT2D eigenvalue weighted by Gasteiger charge is -2.37. The summed E-state index contributed by atoms with van der Waals surface area (Å²) >= 11 is 0. The number of rotatable bonds is 5. The van der Waals surface area contributed by atoms with E-state index in [4.69, 9.17) is 4.42 Å². The van der Waals surface area contributed by atoms with Crippen LogP contribution in [0.3, 0.4) is 0 Å². The van der Waals surface area contributed by atoms with Crippen LogP contribution in [-0.4, -0.2) is 41.0 Å². The van der Waals surface area contributed by atoms with Crippen LogP contribution >= 0.6 is 0 Å². The monoisotopic (exact) mass is 285 g/mol. The van der Waals surface area contributed by atoms with Gasteiger partial charge in [0.05, 0.1) is 12.8 Å². The number of nitrogens with zero attached hydrogens (tertiary/aromatic N) is 3. The van der Waals surface area contributed by atoms with Gasteiger partial charge in [0, 0.05) is 25.0 Å². The number of hydrogen-bond acceptors (Lipinski definition) is 4. The van der Waals surface area contributed by atoms with Crippen LogP contribution in [0.4, 0.5) is 0 Å². The van der Waals surface area contributed by atoms with Gasteiger partial charge in [-0.15, -0.1) is 0 Å². The summed E-state index contributed by atoms with van der Waals surface area (Å²) < 4.78 is 5.55. The molecule has 0 atom stereocenters. The molecule has 112 valence electrons. The van der Waals surface area contributed by atoms with Crippen LogP contribution in [0.15, 0.2) is 47.3 Å². The standard InChI is InChI=1S/C17H23N3O/c1-19-9-6-16(7-10-19)20(14-17-5-3-11-21-17)13-15-4-2-8-18-12-15/h2-5,8,11-12,16H,6-7,9-10,13-14H2,1H3. The Kier molecular flexibility index (Phi) is 4.68. The second-order valence-electron chi connectivity index (χ2n) is 5.88. The number of piperidine rings is 1. The van der Waals surface area contributed by atoms with E-state index in [1.165, 1.54) is 31.5 Å². The molecular weight excluding hydrogens is 262 g/mol. The Morgan fingerprint density at radius 3 is 2.76 bits per heavy atom. The highest BCUT2D eigenvalue weighted by Gasteiger charge is 2.24. The van der Waals surface area contributed by atoms with E-state index in [9.17, 15) is 0 Å². The molecular formula is C17H23N3O. The van der Waals surface area contributed by atoms with Crippen molar-refractivity contribution in [3.05, 3.63) is 54.2 Å². The zero-order valence-electron chi connectivity index (χ0n) is 12.6. The van der Waals surface area contributed by atoms with Crippen molar-refractivity contribution in [1.29, 1.82) is 0 Å². The molecule has 1 aliphatic rings. The fraction of sp³-hybridized carbons (Fsp3) is 0.471. The number of furan rings is 1. The molecule has 0 aliphatic carbocycles. The number of hydrogen-bond donors (Lipinski definition) is 0. The van der Waals surface area contributed by atoms with Crippen molar-refractivity contribution >= 4 is 0 Å². The van der Waals surface area contributed by atoms with Gasteiger partial charge in [-0.3, -0.25) is 9.88 Å². The van der Waals surface area contributed by atoms with Gasteiger partial charge in [-0.25, -0.2) is 0 Å². The first kappa shape index (κ1) is 14.3. The highest BCUT2D eigenvalue weighted by molar-refractivity contribution is 5.09. The molecule has 1 aliphatic heterocycles. The molecule has 2 aromatic rings. The average molecular weight is 285 g/mol. The van der Waals surface area contributed by atoms with Gasteiger partial charge < -0.3 is 9.32 Å². The summed E-state index contributed by atoms with van der Waals surface area (Å²) in [4.78, 5) is 9.17. The molecule has 0 amide bonds. The highest BCUT2D eigenvalue weighted by atomic mass is 16.3. The lowest BCUT2D eigenvalue weighted by Crippen LogP contribution is -2.43. The molecule has 3 heterocycles.